The molecule has 1 aliphatic rings. The summed E-state index contributed by atoms with van der Waals surface area (Å²) in [7, 11) is 1.93. The number of Topliss-reactive ketones (excluding diaryl/α,β-unsaturated/α-hetero) is 1. The predicted molar refractivity (Wildman–Crippen MR) is 108 cm³/mol. The lowest BCUT2D eigenvalue weighted by Crippen LogP contribution is -2.33. The Balaban J connectivity index is 1.84. The fourth-order valence-electron chi connectivity index (χ4n) is 3.42. The second kappa shape index (κ2) is 8.19. The van der Waals surface area contributed by atoms with Crippen LogP contribution in [0.25, 0.3) is 0 Å². The first-order valence-electron chi connectivity index (χ1n) is 9.27. The number of hydrogen-bond donors (Lipinski definition) is 1. The lowest BCUT2D eigenvalue weighted by atomic mass is 10.2. The fourth-order valence-corrected chi connectivity index (χ4v) is 4.53. The van der Waals surface area contributed by atoms with Crippen LogP contribution in [0.1, 0.15) is 46.0 Å². The van der Waals surface area contributed by atoms with Crippen molar-refractivity contribution in [1.29, 1.82) is 0 Å². The van der Waals surface area contributed by atoms with Gasteiger partial charge in [-0.25, -0.2) is 4.99 Å². The molecule has 3 rings (SSSR count). The van der Waals surface area contributed by atoms with Gasteiger partial charge >= 0.3 is 0 Å². The molecule has 1 unspecified atom stereocenters. The number of carbonyl (C=O) groups is 2. The SMILES string of the molecule is CCn1c(C)c(C(C)=O)s/c1=N/c1ccc(C(=O)N2CCC(NC)C2)cc1. The summed E-state index contributed by atoms with van der Waals surface area (Å²) in [6.45, 7) is 7.87. The normalized spacial score (nSPS) is 17.6. The van der Waals surface area contributed by atoms with Crippen LogP contribution < -0.4 is 10.1 Å². The Labute approximate surface area is 163 Å². The number of carbonyl (C=O) groups excluding carboxylic acids is 2. The fraction of sp³-hybridized carbons (Fsp3) is 0.450. The number of likely N-dealkylation sites (N-methyl/N-ethyl adjacent to an activating group) is 1. The largest absolute Gasteiger partial charge is 0.337 e. The summed E-state index contributed by atoms with van der Waals surface area (Å²) in [4.78, 5) is 32.6. The number of hydrogen-bond acceptors (Lipinski definition) is 5. The maximum atomic E-state index is 12.6. The Bertz CT molecular complexity index is 911. The number of nitrogens with zero attached hydrogens (tertiary/aromatic N) is 3. The Hall–Kier alpha value is -2.25. The van der Waals surface area contributed by atoms with Gasteiger partial charge in [-0.2, -0.15) is 0 Å². The molecule has 1 aromatic heterocycles. The molecule has 1 amide bonds. The number of rotatable bonds is 5. The molecule has 0 spiro atoms. The molecule has 1 saturated heterocycles. The highest BCUT2D eigenvalue weighted by Gasteiger charge is 2.25. The minimum absolute atomic E-state index is 0.0626. The Morgan fingerprint density at radius 1 is 1.30 bits per heavy atom. The Morgan fingerprint density at radius 2 is 2.00 bits per heavy atom. The number of thiazole rings is 1. The van der Waals surface area contributed by atoms with E-state index in [1.807, 2.05) is 54.6 Å². The molecule has 2 aromatic rings. The van der Waals surface area contributed by atoms with E-state index in [-0.39, 0.29) is 11.7 Å². The molecular weight excluding hydrogens is 360 g/mol. The summed E-state index contributed by atoms with van der Waals surface area (Å²) in [5.74, 6) is 0.126. The van der Waals surface area contributed by atoms with E-state index in [1.54, 1.807) is 6.92 Å². The Morgan fingerprint density at radius 3 is 2.56 bits per heavy atom. The van der Waals surface area contributed by atoms with E-state index in [2.05, 4.69) is 5.32 Å². The van der Waals surface area contributed by atoms with Crippen molar-refractivity contribution in [3.63, 3.8) is 0 Å². The number of benzene rings is 1. The van der Waals surface area contributed by atoms with Gasteiger partial charge < -0.3 is 14.8 Å². The molecule has 6 nitrogen and oxygen atoms in total. The third-order valence-corrected chi connectivity index (χ3v) is 6.30. The molecule has 7 heteroatoms. The zero-order chi connectivity index (χ0) is 19.6. The van der Waals surface area contributed by atoms with Crippen molar-refractivity contribution < 1.29 is 9.59 Å². The monoisotopic (exact) mass is 386 g/mol. The lowest BCUT2D eigenvalue weighted by molar-refractivity contribution is 0.0789. The van der Waals surface area contributed by atoms with Crippen molar-refractivity contribution in [2.24, 2.45) is 4.99 Å². The first-order chi connectivity index (χ1) is 12.9. The standard InChI is InChI=1S/C20H26N4O2S/c1-5-24-13(2)18(14(3)25)27-20(24)22-16-8-6-15(7-9-16)19(26)23-11-10-17(12-23)21-4/h6-9,17,21H,5,10-12H2,1-4H3/b22-20+. The van der Waals surface area contributed by atoms with Crippen LogP contribution in [0.2, 0.25) is 0 Å². The highest BCUT2D eigenvalue weighted by atomic mass is 32.1. The van der Waals surface area contributed by atoms with Gasteiger partial charge in [-0.05, 0) is 51.6 Å². The third-order valence-electron chi connectivity index (χ3n) is 5.02. The molecular formula is C20H26N4O2S. The van der Waals surface area contributed by atoms with Crippen molar-refractivity contribution in [2.75, 3.05) is 20.1 Å². The second-order valence-corrected chi connectivity index (χ2v) is 7.76. The van der Waals surface area contributed by atoms with E-state index >= 15 is 0 Å². The first kappa shape index (κ1) is 19.5. The summed E-state index contributed by atoms with van der Waals surface area (Å²) in [6.07, 6.45) is 0.989. The first-order valence-corrected chi connectivity index (χ1v) is 10.1. The van der Waals surface area contributed by atoms with Gasteiger partial charge in [-0.3, -0.25) is 9.59 Å². The molecule has 27 heavy (non-hydrogen) atoms. The summed E-state index contributed by atoms with van der Waals surface area (Å²) >= 11 is 1.41. The van der Waals surface area contributed by atoms with Crippen molar-refractivity contribution in [3.8, 4) is 0 Å². The van der Waals surface area contributed by atoms with Gasteiger partial charge in [-0.1, -0.05) is 11.3 Å². The minimum Gasteiger partial charge on any atom is -0.337 e. The van der Waals surface area contributed by atoms with Crippen LogP contribution in [0.15, 0.2) is 29.3 Å². The van der Waals surface area contributed by atoms with E-state index < -0.39 is 0 Å². The predicted octanol–water partition coefficient (Wildman–Crippen LogP) is 2.75. The average Bonchev–Trinajstić information content (AvgIpc) is 3.26. The molecule has 1 N–H and O–H groups in total. The van der Waals surface area contributed by atoms with Gasteiger partial charge in [-0.15, -0.1) is 0 Å². The van der Waals surface area contributed by atoms with E-state index in [0.717, 1.165) is 47.1 Å². The Kier molecular flexibility index (Phi) is 5.92. The minimum atomic E-state index is 0.0626. The van der Waals surface area contributed by atoms with E-state index in [9.17, 15) is 9.59 Å². The average molecular weight is 387 g/mol. The van der Waals surface area contributed by atoms with E-state index in [1.165, 1.54) is 11.3 Å². The van der Waals surface area contributed by atoms with Crippen LogP contribution in [-0.4, -0.2) is 47.3 Å². The molecule has 0 aliphatic carbocycles. The molecule has 2 heterocycles. The van der Waals surface area contributed by atoms with E-state index in [0.29, 0.717) is 11.6 Å². The van der Waals surface area contributed by atoms with Crippen LogP contribution in [0.3, 0.4) is 0 Å². The topological polar surface area (TPSA) is 66.7 Å². The van der Waals surface area contributed by atoms with Crippen LogP contribution in [0, 0.1) is 6.92 Å². The molecule has 0 bridgehead atoms. The highest BCUT2D eigenvalue weighted by molar-refractivity contribution is 7.11. The number of nitrogens with one attached hydrogen (secondary N) is 1. The molecule has 1 aromatic carbocycles. The number of aromatic nitrogens is 1. The maximum absolute atomic E-state index is 12.6. The van der Waals surface area contributed by atoms with Crippen molar-refractivity contribution in [3.05, 3.63) is 45.2 Å². The number of likely N-dealkylation sites (tertiary alicyclic amines) is 1. The number of amides is 1. The summed E-state index contributed by atoms with van der Waals surface area (Å²) < 4.78 is 2.04. The molecule has 1 aliphatic heterocycles. The quantitative estimate of drug-likeness (QED) is 0.804. The van der Waals surface area contributed by atoms with Gasteiger partial charge in [0, 0.05) is 43.9 Å². The van der Waals surface area contributed by atoms with Gasteiger partial charge in [0.15, 0.2) is 10.6 Å². The summed E-state index contributed by atoms with van der Waals surface area (Å²) in [6, 6.07) is 7.76. The number of ketones is 1. The van der Waals surface area contributed by atoms with Gasteiger partial charge in [0.25, 0.3) is 5.91 Å². The van der Waals surface area contributed by atoms with Crippen LogP contribution in [0.5, 0.6) is 0 Å². The summed E-state index contributed by atoms with van der Waals surface area (Å²) in [5, 5.41) is 3.23. The summed E-state index contributed by atoms with van der Waals surface area (Å²) in [5.41, 5.74) is 2.41. The molecule has 1 fully saturated rings. The second-order valence-electron chi connectivity index (χ2n) is 6.78. The van der Waals surface area contributed by atoms with Gasteiger partial charge in [0.05, 0.1) is 10.6 Å². The van der Waals surface area contributed by atoms with Gasteiger partial charge in [0.2, 0.25) is 0 Å². The molecule has 1 atom stereocenters. The highest BCUT2D eigenvalue weighted by Crippen LogP contribution is 2.18. The van der Waals surface area contributed by atoms with Crippen molar-refractivity contribution >= 4 is 28.7 Å². The van der Waals surface area contributed by atoms with Gasteiger partial charge in [0.1, 0.15) is 0 Å². The lowest BCUT2D eigenvalue weighted by Gasteiger charge is -2.16. The zero-order valence-electron chi connectivity index (χ0n) is 16.3. The molecule has 0 radical (unpaired) electrons. The van der Waals surface area contributed by atoms with E-state index in [4.69, 9.17) is 4.99 Å². The smallest absolute Gasteiger partial charge is 0.253 e. The van der Waals surface area contributed by atoms with Crippen LogP contribution in [0.4, 0.5) is 5.69 Å². The van der Waals surface area contributed by atoms with Crippen LogP contribution in [-0.2, 0) is 6.54 Å². The molecule has 0 saturated carbocycles. The van der Waals surface area contributed by atoms with Crippen molar-refractivity contribution in [1.82, 2.24) is 14.8 Å². The van der Waals surface area contributed by atoms with Crippen LogP contribution >= 0.6 is 11.3 Å². The maximum Gasteiger partial charge on any atom is 0.253 e. The van der Waals surface area contributed by atoms with Crippen molar-refractivity contribution in [2.45, 2.75) is 39.8 Å². The third kappa shape index (κ3) is 4.04. The molecule has 144 valence electrons. The zero-order valence-corrected chi connectivity index (χ0v) is 17.1.